The Kier molecular flexibility index (Phi) is 7.11. The second kappa shape index (κ2) is 9.99. The zero-order valence-corrected chi connectivity index (χ0v) is 20.1. The van der Waals surface area contributed by atoms with Gasteiger partial charge in [-0.25, -0.2) is 15.0 Å². The van der Waals surface area contributed by atoms with E-state index >= 15 is 0 Å². The summed E-state index contributed by atoms with van der Waals surface area (Å²) < 4.78 is 26.4. The average Bonchev–Trinajstić information content (AvgIpc) is 3.52. The van der Waals surface area contributed by atoms with Crippen molar-refractivity contribution in [3.63, 3.8) is 0 Å². The Balaban J connectivity index is 1.81. The topological polar surface area (TPSA) is 79.1 Å². The quantitative estimate of drug-likeness (QED) is 0.307. The number of hydrogen-bond donors (Lipinski definition) is 0. The van der Waals surface area contributed by atoms with Crippen LogP contribution in [0.25, 0.3) is 32.2 Å². The van der Waals surface area contributed by atoms with Crippen LogP contribution in [-0.4, -0.2) is 49.8 Å². The zero-order valence-electron chi connectivity index (χ0n) is 17.7. The molecule has 0 saturated carbocycles. The summed E-state index contributed by atoms with van der Waals surface area (Å²) in [7, 11) is 2.54. The predicted octanol–water partition coefficient (Wildman–Crippen LogP) is 4.75. The monoisotopic (exact) mass is 476 g/mol. The van der Waals surface area contributed by atoms with Crippen LogP contribution in [0.15, 0.2) is 34.1 Å². The number of imidazole rings is 1. The van der Waals surface area contributed by atoms with E-state index in [1.165, 1.54) is 11.3 Å². The second-order valence-electron chi connectivity index (χ2n) is 6.91. The van der Waals surface area contributed by atoms with Gasteiger partial charge in [0.25, 0.3) is 6.01 Å². The molecule has 4 heterocycles. The smallest absolute Gasteiger partial charge is 0.296 e. The van der Waals surface area contributed by atoms with Crippen molar-refractivity contribution >= 4 is 43.7 Å². The van der Waals surface area contributed by atoms with Crippen LogP contribution in [0.1, 0.15) is 19.8 Å². The number of aromatic nitrogens is 4. The number of nitrogens with zero attached hydrogens (tertiary/aromatic N) is 4. The summed E-state index contributed by atoms with van der Waals surface area (Å²) in [5.41, 5.74) is 2.68. The lowest BCUT2D eigenvalue weighted by molar-refractivity contribution is 0.139. The Bertz CT molecular complexity index is 1180. The van der Waals surface area contributed by atoms with E-state index in [9.17, 15) is 4.21 Å². The first-order chi connectivity index (χ1) is 15.1. The van der Waals surface area contributed by atoms with E-state index in [2.05, 4.69) is 16.9 Å². The van der Waals surface area contributed by atoms with Crippen LogP contribution in [0, 0.1) is 0 Å². The fourth-order valence-corrected chi connectivity index (χ4v) is 6.39. The van der Waals surface area contributed by atoms with Gasteiger partial charge < -0.3 is 9.47 Å². The molecule has 4 aromatic heterocycles. The van der Waals surface area contributed by atoms with Crippen molar-refractivity contribution in [2.45, 2.75) is 24.0 Å². The molecular weight excluding hydrogens is 452 g/mol. The third kappa shape index (κ3) is 4.72. The number of rotatable bonds is 10. The van der Waals surface area contributed by atoms with Gasteiger partial charge in [0.2, 0.25) is 0 Å². The third-order valence-electron chi connectivity index (χ3n) is 4.78. The molecule has 0 aliphatic heterocycles. The molecule has 0 aliphatic rings. The van der Waals surface area contributed by atoms with E-state index in [4.69, 9.17) is 14.5 Å². The number of unbranched alkanes of at least 4 members (excludes halogenated alkanes) is 1. The molecule has 4 aromatic rings. The van der Waals surface area contributed by atoms with Crippen molar-refractivity contribution in [1.29, 1.82) is 0 Å². The standard InChI is InChI=1S/C21H24N4O3S3/c1-4-5-10-31(26)18-12-15-14(17-13-23-21(25(17)2)28-8-7-27-3)11-16(24-19(15)30-18)20-22-6-9-29-20/h6,9,11-13H,4-5,7-8,10H2,1-3H3. The zero-order chi connectivity index (χ0) is 21.8. The Morgan fingerprint density at radius 3 is 2.84 bits per heavy atom. The maximum atomic E-state index is 12.8. The molecule has 1 atom stereocenters. The lowest BCUT2D eigenvalue weighted by Crippen LogP contribution is -2.08. The molecular formula is C21H24N4O3S3. The lowest BCUT2D eigenvalue weighted by Gasteiger charge is -2.09. The molecule has 0 aliphatic carbocycles. The molecule has 0 saturated heterocycles. The normalized spacial score (nSPS) is 12.5. The predicted molar refractivity (Wildman–Crippen MR) is 126 cm³/mol. The van der Waals surface area contributed by atoms with Gasteiger partial charge in [-0.05, 0) is 18.6 Å². The highest BCUT2D eigenvalue weighted by atomic mass is 32.2. The maximum absolute atomic E-state index is 12.8. The number of fused-ring (bicyclic) bond motifs is 1. The Morgan fingerprint density at radius 2 is 2.10 bits per heavy atom. The van der Waals surface area contributed by atoms with Crippen molar-refractivity contribution in [3.8, 4) is 28.0 Å². The summed E-state index contributed by atoms with van der Waals surface area (Å²) in [4.78, 5) is 14.6. The van der Waals surface area contributed by atoms with Gasteiger partial charge >= 0.3 is 0 Å². The fraction of sp³-hybridized carbons (Fsp3) is 0.381. The van der Waals surface area contributed by atoms with Crippen LogP contribution in [0.3, 0.4) is 0 Å². The van der Waals surface area contributed by atoms with Gasteiger partial charge in [-0.3, -0.25) is 8.78 Å². The van der Waals surface area contributed by atoms with Crippen molar-refractivity contribution in [2.24, 2.45) is 7.05 Å². The summed E-state index contributed by atoms with van der Waals surface area (Å²) in [6.45, 7) is 3.03. The SMILES string of the molecule is CCCCS(=O)c1cc2c(-c3cnc(OCCOC)n3C)cc(-c3nccs3)nc2s1. The van der Waals surface area contributed by atoms with Gasteiger partial charge in [-0.1, -0.05) is 13.3 Å². The van der Waals surface area contributed by atoms with Gasteiger partial charge in [0.05, 0.1) is 33.5 Å². The van der Waals surface area contributed by atoms with Crippen LogP contribution in [-0.2, 0) is 22.6 Å². The van der Waals surface area contributed by atoms with Crippen molar-refractivity contribution in [1.82, 2.24) is 19.5 Å². The average molecular weight is 477 g/mol. The Hall–Kier alpha value is -2.14. The molecule has 0 amide bonds. The number of pyridine rings is 1. The molecule has 0 fully saturated rings. The number of thiophene rings is 1. The molecule has 0 aromatic carbocycles. The molecule has 0 spiro atoms. The van der Waals surface area contributed by atoms with Gasteiger partial charge in [-0.15, -0.1) is 22.7 Å². The highest BCUT2D eigenvalue weighted by Gasteiger charge is 2.19. The van der Waals surface area contributed by atoms with Crippen LogP contribution in [0.4, 0.5) is 0 Å². The van der Waals surface area contributed by atoms with Crippen LogP contribution >= 0.6 is 22.7 Å². The molecule has 4 rings (SSSR count). The molecule has 31 heavy (non-hydrogen) atoms. The first-order valence-electron chi connectivity index (χ1n) is 9.99. The molecule has 164 valence electrons. The Labute approximate surface area is 191 Å². The second-order valence-corrected chi connectivity index (χ2v) is 10.6. The van der Waals surface area contributed by atoms with Gasteiger partial charge in [-0.2, -0.15) is 0 Å². The minimum Gasteiger partial charge on any atom is -0.462 e. The summed E-state index contributed by atoms with van der Waals surface area (Å²) in [5.74, 6) is 0.668. The van der Waals surface area contributed by atoms with E-state index in [0.717, 1.165) is 49.2 Å². The van der Waals surface area contributed by atoms with Gasteiger partial charge in [0.15, 0.2) is 0 Å². The van der Waals surface area contributed by atoms with Gasteiger partial charge in [0, 0.05) is 42.4 Å². The molecule has 1 unspecified atom stereocenters. The van der Waals surface area contributed by atoms with Crippen LogP contribution < -0.4 is 4.74 Å². The fourth-order valence-electron chi connectivity index (χ4n) is 3.14. The maximum Gasteiger partial charge on any atom is 0.296 e. The van der Waals surface area contributed by atoms with Crippen LogP contribution in [0.5, 0.6) is 6.01 Å². The molecule has 0 radical (unpaired) electrons. The highest BCUT2D eigenvalue weighted by molar-refractivity contribution is 7.87. The first kappa shape index (κ1) is 22.1. The number of thiazole rings is 1. The van der Waals surface area contributed by atoms with E-state index in [1.807, 2.05) is 29.1 Å². The summed E-state index contributed by atoms with van der Waals surface area (Å²) >= 11 is 3.04. The third-order valence-corrected chi connectivity index (χ3v) is 8.44. The largest absolute Gasteiger partial charge is 0.462 e. The lowest BCUT2D eigenvalue weighted by atomic mass is 10.1. The molecule has 7 nitrogen and oxygen atoms in total. The first-order valence-corrected chi connectivity index (χ1v) is 13.0. The van der Waals surface area contributed by atoms with Crippen molar-refractivity contribution in [2.75, 3.05) is 26.1 Å². The van der Waals surface area contributed by atoms with E-state index in [0.29, 0.717) is 25.0 Å². The Morgan fingerprint density at radius 1 is 1.23 bits per heavy atom. The number of methoxy groups -OCH3 is 1. The van der Waals surface area contributed by atoms with Crippen molar-refractivity contribution in [3.05, 3.63) is 29.9 Å². The van der Waals surface area contributed by atoms with E-state index in [1.54, 1.807) is 30.8 Å². The van der Waals surface area contributed by atoms with Crippen LogP contribution in [0.2, 0.25) is 0 Å². The summed E-state index contributed by atoms with van der Waals surface area (Å²) in [6.07, 6.45) is 5.54. The molecule has 10 heteroatoms. The minimum atomic E-state index is -1.03. The summed E-state index contributed by atoms with van der Waals surface area (Å²) in [5, 5.41) is 3.76. The highest BCUT2D eigenvalue weighted by Crippen LogP contribution is 2.38. The van der Waals surface area contributed by atoms with E-state index in [-0.39, 0.29) is 0 Å². The van der Waals surface area contributed by atoms with Gasteiger partial charge in [0.1, 0.15) is 22.1 Å². The van der Waals surface area contributed by atoms with E-state index < -0.39 is 10.8 Å². The van der Waals surface area contributed by atoms with Crippen molar-refractivity contribution < 1.29 is 13.7 Å². The minimum absolute atomic E-state index is 0.427. The molecule has 0 N–H and O–H groups in total. The molecule has 0 bridgehead atoms. The summed E-state index contributed by atoms with van der Waals surface area (Å²) in [6, 6.07) is 4.57. The number of hydrogen-bond acceptors (Lipinski definition) is 8. The number of ether oxygens (including phenoxy) is 2.